The van der Waals surface area contributed by atoms with E-state index in [1.54, 1.807) is 36.3 Å². The van der Waals surface area contributed by atoms with Crippen LogP contribution in [0.4, 0.5) is 5.13 Å². The van der Waals surface area contributed by atoms with Gasteiger partial charge in [-0.05, 0) is 12.1 Å². The van der Waals surface area contributed by atoms with E-state index in [1.807, 2.05) is 6.20 Å². The Balaban J connectivity index is 1.33. The van der Waals surface area contributed by atoms with Crippen LogP contribution in [0, 0.1) is 0 Å². The summed E-state index contributed by atoms with van der Waals surface area (Å²) in [6.07, 6.45) is 9.53. The molecular formula is C18H20N4O2S2Si. The molecule has 140 valence electrons. The predicted octanol–water partition coefficient (Wildman–Crippen LogP) is 4.15. The first-order valence-corrected chi connectivity index (χ1v) is 13.6. The lowest BCUT2D eigenvalue weighted by Crippen LogP contribution is -2.40. The SMILES string of the molecule is C[Si]1(c2cnc(CSc3cnc(NC(=O)c4cccnc4)s3)o2)CCCC1. The smallest absolute Gasteiger partial charge is 0.259 e. The number of carbonyl (C=O) groups excluding carboxylic acids is 1. The van der Waals surface area contributed by atoms with Crippen LogP contribution in [-0.4, -0.2) is 28.9 Å². The molecule has 9 heteroatoms. The number of hydrogen-bond acceptors (Lipinski definition) is 7. The highest BCUT2D eigenvalue weighted by Gasteiger charge is 2.36. The number of thioether (sulfide) groups is 1. The number of nitrogens with zero attached hydrogens (tertiary/aromatic N) is 3. The lowest BCUT2D eigenvalue weighted by atomic mass is 10.3. The fraction of sp³-hybridized carbons (Fsp3) is 0.333. The number of thiazole rings is 1. The van der Waals surface area contributed by atoms with E-state index >= 15 is 0 Å². The Bertz CT molecular complexity index is 922. The number of amides is 1. The molecule has 4 rings (SSSR count). The monoisotopic (exact) mass is 416 g/mol. The molecule has 0 spiro atoms. The van der Waals surface area contributed by atoms with Gasteiger partial charge in [-0.1, -0.05) is 42.8 Å². The van der Waals surface area contributed by atoms with Crippen LogP contribution >= 0.6 is 23.1 Å². The summed E-state index contributed by atoms with van der Waals surface area (Å²) in [5.41, 5.74) is 0.513. The number of carbonyl (C=O) groups is 1. The minimum absolute atomic E-state index is 0.207. The number of anilines is 1. The van der Waals surface area contributed by atoms with Gasteiger partial charge in [-0.25, -0.2) is 9.97 Å². The molecule has 3 aromatic heterocycles. The highest BCUT2D eigenvalue weighted by atomic mass is 32.2. The third-order valence-electron chi connectivity index (χ3n) is 4.82. The lowest BCUT2D eigenvalue weighted by molar-refractivity contribution is 0.102. The van der Waals surface area contributed by atoms with Crippen LogP contribution in [-0.2, 0) is 5.75 Å². The molecule has 6 nitrogen and oxygen atoms in total. The van der Waals surface area contributed by atoms with Gasteiger partial charge in [0.1, 0.15) is 13.5 Å². The molecule has 0 atom stereocenters. The molecule has 4 heterocycles. The Hall–Kier alpha value is -1.97. The Morgan fingerprint density at radius 1 is 1.30 bits per heavy atom. The third-order valence-corrected chi connectivity index (χ3v) is 11.2. The number of oxazole rings is 1. The number of rotatable bonds is 6. The molecule has 0 bridgehead atoms. The molecular weight excluding hydrogens is 396 g/mol. The fourth-order valence-electron chi connectivity index (χ4n) is 3.24. The highest BCUT2D eigenvalue weighted by Crippen LogP contribution is 2.32. The van der Waals surface area contributed by atoms with E-state index in [2.05, 4.69) is 26.8 Å². The van der Waals surface area contributed by atoms with Gasteiger partial charge in [-0.2, -0.15) is 0 Å². The molecule has 1 fully saturated rings. The van der Waals surface area contributed by atoms with E-state index in [0.29, 0.717) is 16.4 Å². The lowest BCUT2D eigenvalue weighted by Gasteiger charge is -2.16. The van der Waals surface area contributed by atoms with Gasteiger partial charge in [-0.3, -0.25) is 15.1 Å². The van der Waals surface area contributed by atoms with E-state index in [4.69, 9.17) is 4.42 Å². The summed E-state index contributed by atoms with van der Waals surface area (Å²) in [7, 11) is -1.40. The summed E-state index contributed by atoms with van der Waals surface area (Å²) in [4.78, 5) is 24.8. The van der Waals surface area contributed by atoms with Crippen molar-refractivity contribution in [2.24, 2.45) is 0 Å². The van der Waals surface area contributed by atoms with Crippen molar-refractivity contribution in [3.63, 3.8) is 0 Å². The van der Waals surface area contributed by atoms with Crippen molar-refractivity contribution in [2.75, 3.05) is 5.32 Å². The van der Waals surface area contributed by atoms with E-state index in [-0.39, 0.29) is 5.91 Å². The van der Waals surface area contributed by atoms with E-state index in [0.717, 1.165) is 15.5 Å². The van der Waals surface area contributed by atoms with Gasteiger partial charge >= 0.3 is 0 Å². The van der Waals surface area contributed by atoms with Gasteiger partial charge in [0.2, 0.25) is 5.89 Å². The first kappa shape index (κ1) is 18.4. The molecule has 0 unspecified atom stereocenters. The highest BCUT2D eigenvalue weighted by molar-refractivity contribution is 8.00. The van der Waals surface area contributed by atoms with Crippen molar-refractivity contribution in [3.8, 4) is 0 Å². The Labute approximate surface area is 166 Å². The molecule has 0 aromatic carbocycles. The van der Waals surface area contributed by atoms with Gasteiger partial charge in [0, 0.05) is 12.4 Å². The van der Waals surface area contributed by atoms with Gasteiger partial charge in [0.05, 0.1) is 27.9 Å². The summed E-state index contributed by atoms with van der Waals surface area (Å²) in [5.74, 6) is 1.23. The van der Waals surface area contributed by atoms with Crippen molar-refractivity contribution in [2.45, 2.75) is 41.4 Å². The van der Waals surface area contributed by atoms with E-state index in [1.165, 1.54) is 42.5 Å². The summed E-state index contributed by atoms with van der Waals surface area (Å²) < 4.78 is 7.07. The maximum Gasteiger partial charge on any atom is 0.259 e. The molecule has 1 aliphatic rings. The molecule has 0 radical (unpaired) electrons. The number of hydrogen-bond donors (Lipinski definition) is 1. The Morgan fingerprint density at radius 3 is 2.93 bits per heavy atom. The second-order valence-corrected chi connectivity index (χ2v) is 13.8. The van der Waals surface area contributed by atoms with Crippen molar-refractivity contribution < 1.29 is 9.21 Å². The first-order valence-electron chi connectivity index (χ1n) is 8.88. The normalized spacial score (nSPS) is 15.7. The van der Waals surface area contributed by atoms with Crippen LogP contribution in [0.5, 0.6) is 0 Å². The van der Waals surface area contributed by atoms with Crippen LogP contribution in [0.3, 0.4) is 0 Å². The van der Waals surface area contributed by atoms with Crippen molar-refractivity contribution in [3.05, 3.63) is 48.4 Å². The van der Waals surface area contributed by atoms with Crippen molar-refractivity contribution in [1.29, 1.82) is 0 Å². The summed E-state index contributed by atoms with van der Waals surface area (Å²) in [6, 6.07) is 6.07. The minimum atomic E-state index is -1.40. The number of pyridine rings is 1. The van der Waals surface area contributed by atoms with Crippen LogP contribution in [0.2, 0.25) is 18.6 Å². The zero-order valence-corrected chi connectivity index (χ0v) is 17.6. The summed E-state index contributed by atoms with van der Waals surface area (Å²) in [6.45, 7) is 2.40. The topological polar surface area (TPSA) is 80.9 Å². The molecule has 1 amide bonds. The molecule has 27 heavy (non-hydrogen) atoms. The summed E-state index contributed by atoms with van der Waals surface area (Å²) in [5, 5.41) is 4.52. The van der Waals surface area contributed by atoms with Crippen molar-refractivity contribution in [1.82, 2.24) is 15.0 Å². The Kier molecular flexibility index (Phi) is 5.42. The zero-order chi connectivity index (χ0) is 18.7. The maximum atomic E-state index is 12.1. The number of nitrogens with one attached hydrogen (secondary N) is 1. The van der Waals surface area contributed by atoms with Crippen LogP contribution < -0.4 is 10.7 Å². The molecule has 0 aliphatic carbocycles. The largest absolute Gasteiger partial charge is 0.450 e. The average Bonchev–Trinajstić information content (AvgIpc) is 3.42. The molecule has 1 aliphatic heterocycles. The molecule has 1 saturated heterocycles. The van der Waals surface area contributed by atoms with Crippen LogP contribution in [0.25, 0.3) is 0 Å². The van der Waals surface area contributed by atoms with E-state index < -0.39 is 8.07 Å². The van der Waals surface area contributed by atoms with Crippen LogP contribution in [0.1, 0.15) is 29.1 Å². The quantitative estimate of drug-likeness (QED) is 0.480. The average molecular weight is 417 g/mol. The fourth-order valence-corrected chi connectivity index (χ4v) is 8.51. The Morgan fingerprint density at radius 2 is 2.15 bits per heavy atom. The summed E-state index contributed by atoms with van der Waals surface area (Å²) >= 11 is 3.07. The second kappa shape index (κ2) is 7.95. The van der Waals surface area contributed by atoms with Gasteiger partial charge < -0.3 is 4.42 Å². The molecule has 1 N–H and O–H groups in total. The van der Waals surface area contributed by atoms with Crippen molar-refractivity contribution >= 4 is 47.6 Å². The minimum Gasteiger partial charge on any atom is -0.450 e. The first-order chi connectivity index (χ1) is 13.1. The number of aromatic nitrogens is 3. The van der Waals surface area contributed by atoms with Gasteiger partial charge in [0.25, 0.3) is 5.91 Å². The molecule has 0 saturated carbocycles. The standard InChI is InChI=1S/C18H20N4O2S2Si/c1-27(7-2-3-8-27)15-10-20-14(24-15)12-25-16-11-21-18(26-16)22-17(23)13-5-4-6-19-9-13/h4-6,9-11H,2-3,7-8,12H2,1H3,(H,21,22,23). The van der Waals surface area contributed by atoms with Gasteiger partial charge in [-0.15, -0.1) is 11.8 Å². The zero-order valence-electron chi connectivity index (χ0n) is 15.0. The van der Waals surface area contributed by atoms with E-state index in [9.17, 15) is 4.79 Å². The third kappa shape index (κ3) is 4.31. The predicted molar refractivity (Wildman–Crippen MR) is 110 cm³/mol. The maximum absolute atomic E-state index is 12.1. The second-order valence-electron chi connectivity index (χ2n) is 6.85. The van der Waals surface area contributed by atoms with Gasteiger partial charge in [0.15, 0.2) is 5.13 Å². The van der Waals surface area contributed by atoms with Crippen LogP contribution in [0.15, 0.2) is 45.5 Å². The molecule has 3 aromatic rings.